The predicted molar refractivity (Wildman–Crippen MR) is 223 cm³/mol. The van der Waals surface area contributed by atoms with E-state index in [1.807, 2.05) is 18.2 Å². The summed E-state index contributed by atoms with van der Waals surface area (Å²) < 4.78 is 5.56. The average Bonchev–Trinajstić information content (AvgIpc) is 3.40. The van der Waals surface area contributed by atoms with Gasteiger partial charge in [-0.05, 0) is 92.7 Å². The topological polar surface area (TPSA) is 104 Å². The molecular weight excluding hydrogens is 696 g/mol. The molecule has 2 aliphatic rings. The number of aromatic carboxylic acids is 1. The lowest BCUT2D eigenvalue weighted by molar-refractivity contribution is -0.143. The van der Waals surface area contributed by atoms with Gasteiger partial charge in [0.1, 0.15) is 0 Å². The van der Waals surface area contributed by atoms with Gasteiger partial charge < -0.3 is 20.1 Å². The fourth-order valence-corrected chi connectivity index (χ4v) is 9.24. The number of alkyl halides is 1. The molecule has 0 amide bonds. The first-order chi connectivity index (χ1) is 26.2. The number of hydrogen-bond acceptors (Lipinski definition) is 5. The van der Waals surface area contributed by atoms with Crippen LogP contribution in [0.5, 0.6) is 0 Å². The van der Waals surface area contributed by atoms with E-state index in [4.69, 9.17) is 16.3 Å². The van der Waals surface area contributed by atoms with E-state index in [1.54, 1.807) is 6.07 Å². The van der Waals surface area contributed by atoms with Gasteiger partial charge in [-0.3, -0.25) is 4.79 Å². The Bertz CT molecular complexity index is 1250. The molecule has 2 fully saturated rings. The molecule has 0 saturated heterocycles. The SMILES string of the molecule is CCCCCCCCCCCCCCCCc1cccc(C(=O)O)c1CCOC(=O)CCCC=CC[C@@H]1[C@@H](C=CC[C@H](O)C2(CC)CCC2)[C@H](O)C[C@H]1Cl. The zero-order chi connectivity index (χ0) is 39.0. The van der Waals surface area contributed by atoms with E-state index in [0.29, 0.717) is 37.7 Å². The zero-order valence-electron chi connectivity index (χ0n) is 34.0. The van der Waals surface area contributed by atoms with Gasteiger partial charge in [0.25, 0.3) is 0 Å². The van der Waals surface area contributed by atoms with Gasteiger partial charge >= 0.3 is 11.9 Å². The first kappa shape index (κ1) is 46.2. The predicted octanol–water partition coefficient (Wildman–Crippen LogP) is 12.1. The molecule has 2 aliphatic carbocycles. The number of aliphatic hydroxyl groups is 2. The van der Waals surface area contributed by atoms with Crippen molar-refractivity contribution in [1.29, 1.82) is 0 Å². The molecular formula is C47H75ClO6. The molecule has 0 radical (unpaired) electrons. The van der Waals surface area contributed by atoms with Crippen molar-refractivity contribution in [2.24, 2.45) is 17.3 Å². The van der Waals surface area contributed by atoms with Gasteiger partial charge in [0, 0.05) is 24.1 Å². The van der Waals surface area contributed by atoms with E-state index in [0.717, 1.165) is 62.5 Å². The maximum Gasteiger partial charge on any atom is 0.335 e. The van der Waals surface area contributed by atoms with Gasteiger partial charge in [-0.1, -0.05) is 140 Å². The summed E-state index contributed by atoms with van der Waals surface area (Å²) in [7, 11) is 0. The third-order valence-electron chi connectivity index (χ3n) is 12.6. The maximum atomic E-state index is 12.5. The molecule has 0 unspecified atom stereocenters. The van der Waals surface area contributed by atoms with Crippen LogP contribution in [-0.4, -0.2) is 51.5 Å². The molecule has 0 bridgehead atoms. The van der Waals surface area contributed by atoms with Crippen LogP contribution in [0.2, 0.25) is 0 Å². The molecule has 1 aromatic rings. The van der Waals surface area contributed by atoms with Gasteiger partial charge in [-0.25, -0.2) is 4.79 Å². The van der Waals surface area contributed by atoms with Crippen molar-refractivity contribution >= 4 is 23.5 Å². The Hall–Kier alpha value is -2.15. The molecule has 0 spiro atoms. The number of esters is 1. The second-order valence-corrected chi connectivity index (χ2v) is 17.0. The summed E-state index contributed by atoms with van der Waals surface area (Å²) in [6.07, 6.45) is 35.1. The van der Waals surface area contributed by atoms with Gasteiger partial charge in [-0.15, -0.1) is 11.6 Å². The van der Waals surface area contributed by atoms with Crippen molar-refractivity contribution in [2.75, 3.05) is 6.61 Å². The second kappa shape index (κ2) is 26.7. The Balaban J connectivity index is 1.30. The summed E-state index contributed by atoms with van der Waals surface area (Å²) in [5.74, 6) is -1.09. The number of carboxylic acids is 1. The van der Waals surface area contributed by atoms with Gasteiger partial charge in [-0.2, -0.15) is 0 Å². The molecule has 3 N–H and O–H groups in total. The van der Waals surface area contributed by atoms with E-state index in [9.17, 15) is 24.9 Å². The fraction of sp³-hybridized carbons (Fsp3) is 0.745. The Morgan fingerprint density at radius 2 is 1.54 bits per heavy atom. The number of benzene rings is 1. The fourth-order valence-electron chi connectivity index (χ4n) is 8.78. The number of carboxylic acid groups (broad SMARTS) is 1. The molecule has 3 rings (SSSR count). The summed E-state index contributed by atoms with van der Waals surface area (Å²) in [5.41, 5.74) is 2.22. The highest BCUT2D eigenvalue weighted by Crippen LogP contribution is 2.48. The quantitative estimate of drug-likeness (QED) is 0.0311. The van der Waals surface area contributed by atoms with Gasteiger partial charge in [0.05, 0.1) is 24.4 Å². The molecule has 54 heavy (non-hydrogen) atoms. The van der Waals surface area contributed by atoms with E-state index in [1.165, 1.54) is 83.5 Å². The number of carbonyl (C=O) groups is 2. The number of hydrogen-bond donors (Lipinski definition) is 3. The van der Waals surface area contributed by atoms with E-state index < -0.39 is 12.1 Å². The van der Waals surface area contributed by atoms with Crippen LogP contribution in [0.15, 0.2) is 42.5 Å². The number of ether oxygens (including phenoxy) is 1. The molecule has 306 valence electrons. The highest BCUT2D eigenvalue weighted by molar-refractivity contribution is 6.21. The Morgan fingerprint density at radius 1 is 0.889 bits per heavy atom. The zero-order valence-corrected chi connectivity index (χ0v) is 34.7. The minimum absolute atomic E-state index is 0.0238. The van der Waals surface area contributed by atoms with Crippen LogP contribution in [0.4, 0.5) is 0 Å². The number of rotatable bonds is 30. The third-order valence-corrected chi connectivity index (χ3v) is 13.1. The van der Waals surface area contributed by atoms with Crippen LogP contribution in [-0.2, 0) is 22.4 Å². The lowest BCUT2D eigenvalue weighted by atomic mass is 9.63. The van der Waals surface area contributed by atoms with Crippen molar-refractivity contribution in [3.8, 4) is 0 Å². The summed E-state index contributed by atoms with van der Waals surface area (Å²) >= 11 is 6.65. The summed E-state index contributed by atoms with van der Waals surface area (Å²) in [6, 6.07) is 5.51. The van der Waals surface area contributed by atoms with Gasteiger partial charge in [0.2, 0.25) is 0 Å². The minimum Gasteiger partial charge on any atom is -0.478 e. The van der Waals surface area contributed by atoms with Crippen LogP contribution < -0.4 is 0 Å². The second-order valence-electron chi connectivity index (χ2n) is 16.5. The number of allylic oxidation sites excluding steroid dienone is 2. The molecule has 7 heteroatoms. The van der Waals surface area contributed by atoms with Crippen LogP contribution in [0.3, 0.4) is 0 Å². The lowest BCUT2D eigenvalue weighted by Crippen LogP contribution is -2.40. The van der Waals surface area contributed by atoms with Crippen molar-refractivity contribution < 1.29 is 29.6 Å². The third kappa shape index (κ3) is 16.1. The average molecular weight is 772 g/mol. The highest BCUT2D eigenvalue weighted by Gasteiger charge is 2.42. The monoisotopic (exact) mass is 771 g/mol. The number of halogens is 1. The van der Waals surface area contributed by atoms with Gasteiger partial charge in [0.15, 0.2) is 0 Å². The molecule has 0 aromatic heterocycles. The van der Waals surface area contributed by atoms with Crippen LogP contribution >= 0.6 is 11.6 Å². The van der Waals surface area contributed by atoms with Crippen LogP contribution in [0, 0.1) is 17.3 Å². The Morgan fingerprint density at radius 3 is 2.13 bits per heavy atom. The lowest BCUT2D eigenvalue weighted by Gasteiger charge is -2.45. The number of unbranched alkanes of at least 4 members (excludes halogenated alkanes) is 14. The van der Waals surface area contributed by atoms with Crippen molar-refractivity contribution in [3.63, 3.8) is 0 Å². The van der Waals surface area contributed by atoms with E-state index in [-0.39, 0.29) is 41.3 Å². The molecule has 0 heterocycles. The van der Waals surface area contributed by atoms with E-state index >= 15 is 0 Å². The largest absolute Gasteiger partial charge is 0.478 e. The van der Waals surface area contributed by atoms with E-state index in [2.05, 4.69) is 32.1 Å². The molecule has 5 atom stereocenters. The number of aliphatic hydroxyl groups excluding tert-OH is 2. The Kier molecular flexibility index (Phi) is 22.8. The summed E-state index contributed by atoms with van der Waals surface area (Å²) in [4.78, 5) is 24.6. The first-order valence-electron chi connectivity index (χ1n) is 22.0. The molecule has 0 aliphatic heterocycles. The molecule has 6 nitrogen and oxygen atoms in total. The van der Waals surface area contributed by atoms with Crippen LogP contribution in [0.1, 0.15) is 189 Å². The number of carbonyl (C=O) groups excluding carboxylic acids is 1. The van der Waals surface area contributed by atoms with Crippen molar-refractivity contribution in [3.05, 3.63) is 59.2 Å². The summed E-state index contributed by atoms with van der Waals surface area (Å²) in [5, 5.41) is 31.2. The standard InChI is InChI=1S/C47H75ClO6/c1-3-5-6-7-8-9-10-11-12-13-14-15-16-19-25-37-26-22-29-41(46(52)53)38(37)32-35-54-45(51)31-21-18-17-20-27-39-40(43(49)36-42(39)48)28-23-30-44(50)47(4-2)33-24-34-47/h17,20,22-23,26,28-29,39-40,42-44,49-50H,3-16,18-19,21,24-25,27,30-36H2,1-2H3,(H,52,53)/t39-,40-,42-,43-,44+/m1/s1. The first-order valence-corrected chi connectivity index (χ1v) is 22.5. The molecule has 1 aromatic carbocycles. The summed E-state index contributed by atoms with van der Waals surface area (Å²) in [6.45, 7) is 4.61. The minimum atomic E-state index is -0.937. The highest BCUT2D eigenvalue weighted by atomic mass is 35.5. The number of aryl methyl sites for hydroxylation is 1. The maximum absolute atomic E-state index is 12.5. The molecule has 2 saturated carbocycles. The van der Waals surface area contributed by atoms with Crippen molar-refractivity contribution in [2.45, 2.75) is 198 Å². The smallest absolute Gasteiger partial charge is 0.335 e. The van der Waals surface area contributed by atoms with Crippen molar-refractivity contribution in [1.82, 2.24) is 0 Å². The van der Waals surface area contributed by atoms with Crippen LogP contribution in [0.25, 0.3) is 0 Å². The normalized spacial score (nSPS) is 21.5. The Labute approximate surface area is 333 Å².